The molecule has 0 bridgehead atoms. The van der Waals surface area contributed by atoms with E-state index in [4.69, 9.17) is 4.74 Å². The van der Waals surface area contributed by atoms with Gasteiger partial charge in [-0.2, -0.15) is 0 Å². The lowest BCUT2D eigenvalue weighted by Gasteiger charge is -2.28. The molecule has 0 radical (unpaired) electrons. The molecule has 2 nitrogen and oxygen atoms in total. The Morgan fingerprint density at radius 1 is 1.28 bits per heavy atom. The maximum absolute atomic E-state index is 5.63. The molecule has 0 spiro atoms. The molecule has 2 aliphatic rings. The van der Waals surface area contributed by atoms with Gasteiger partial charge in [0.05, 0.1) is 6.10 Å². The van der Waals surface area contributed by atoms with Gasteiger partial charge < -0.3 is 10.1 Å². The molecule has 3 atom stereocenters. The van der Waals surface area contributed by atoms with E-state index in [0.29, 0.717) is 18.1 Å². The maximum Gasteiger partial charge on any atom is 0.0588 e. The second-order valence-electron chi connectivity index (χ2n) is 5.68. The van der Waals surface area contributed by atoms with Gasteiger partial charge in [0.25, 0.3) is 0 Å². The molecule has 0 saturated carbocycles. The lowest BCUT2D eigenvalue weighted by atomic mass is 9.87. The van der Waals surface area contributed by atoms with Crippen LogP contribution in [0.5, 0.6) is 0 Å². The van der Waals surface area contributed by atoms with Gasteiger partial charge in [-0.15, -0.1) is 0 Å². The third-order valence-electron chi connectivity index (χ3n) is 4.53. The fraction of sp³-hybridized carbons (Fsp3) is 0.625. The third kappa shape index (κ3) is 2.45. The summed E-state index contributed by atoms with van der Waals surface area (Å²) in [7, 11) is 0. The van der Waals surface area contributed by atoms with Gasteiger partial charge in [-0.3, -0.25) is 0 Å². The van der Waals surface area contributed by atoms with Crippen molar-refractivity contribution in [2.24, 2.45) is 5.92 Å². The smallest absolute Gasteiger partial charge is 0.0588 e. The minimum Gasteiger partial charge on any atom is -0.378 e. The van der Waals surface area contributed by atoms with E-state index in [2.05, 4.69) is 36.5 Å². The Bertz CT molecular complexity index is 404. The molecule has 18 heavy (non-hydrogen) atoms. The molecule has 0 aromatic heterocycles. The lowest BCUT2D eigenvalue weighted by molar-refractivity contribution is 0.104. The van der Waals surface area contributed by atoms with E-state index in [1.807, 2.05) is 0 Å². The normalized spacial score (nSPS) is 31.3. The summed E-state index contributed by atoms with van der Waals surface area (Å²) >= 11 is 0. The molecule has 1 aliphatic heterocycles. The highest BCUT2D eigenvalue weighted by Gasteiger charge is 2.26. The molecule has 1 aromatic carbocycles. The average Bonchev–Trinajstić information content (AvgIpc) is 2.82. The van der Waals surface area contributed by atoms with Crippen molar-refractivity contribution in [3.05, 3.63) is 35.4 Å². The van der Waals surface area contributed by atoms with Crippen molar-refractivity contribution in [3.8, 4) is 0 Å². The zero-order chi connectivity index (χ0) is 12.4. The van der Waals surface area contributed by atoms with Crippen LogP contribution in [0.15, 0.2) is 24.3 Å². The highest BCUT2D eigenvalue weighted by atomic mass is 16.5. The quantitative estimate of drug-likeness (QED) is 0.883. The van der Waals surface area contributed by atoms with Crippen LogP contribution in [0.2, 0.25) is 0 Å². The number of nitrogens with one attached hydrogen (secondary N) is 1. The first-order valence-electron chi connectivity index (χ1n) is 7.27. The number of hydrogen-bond acceptors (Lipinski definition) is 2. The summed E-state index contributed by atoms with van der Waals surface area (Å²) in [6, 6.07) is 9.46. The summed E-state index contributed by atoms with van der Waals surface area (Å²) in [4.78, 5) is 0. The second-order valence-corrected chi connectivity index (χ2v) is 5.68. The van der Waals surface area contributed by atoms with E-state index in [-0.39, 0.29) is 0 Å². The largest absolute Gasteiger partial charge is 0.378 e. The summed E-state index contributed by atoms with van der Waals surface area (Å²) in [5, 5.41) is 3.77. The molecule has 1 heterocycles. The molecular weight excluding hydrogens is 222 g/mol. The van der Waals surface area contributed by atoms with Crippen molar-refractivity contribution in [1.29, 1.82) is 0 Å². The first-order valence-corrected chi connectivity index (χ1v) is 7.27. The number of benzene rings is 1. The van der Waals surface area contributed by atoms with Crippen LogP contribution >= 0.6 is 0 Å². The van der Waals surface area contributed by atoms with Crippen LogP contribution in [0.3, 0.4) is 0 Å². The van der Waals surface area contributed by atoms with Crippen molar-refractivity contribution in [1.82, 2.24) is 5.32 Å². The van der Waals surface area contributed by atoms with E-state index in [0.717, 1.165) is 13.2 Å². The van der Waals surface area contributed by atoms with E-state index in [1.165, 1.54) is 36.8 Å². The first-order chi connectivity index (χ1) is 8.84. The van der Waals surface area contributed by atoms with E-state index in [9.17, 15) is 0 Å². The summed E-state index contributed by atoms with van der Waals surface area (Å²) in [6.07, 6.45) is 5.47. The molecule has 0 amide bonds. The van der Waals surface area contributed by atoms with Crippen LogP contribution in [0.4, 0.5) is 0 Å². The fourth-order valence-electron chi connectivity index (χ4n) is 3.30. The van der Waals surface area contributed by atoms with Gasteiger partial charge in [-0.25, -0.2) is 0 Å². The van der Waals surface area contributed by atoms with Crippen LogP contribution in [0.25, 0.3) is 0 Å². The summed E-state index contributed by atoms with van der Waals surface area (Å²) < 4.78 is 5.63. The molecule has 3 rings (SSSR count). The lowest BCUT2D eigenvalue weighted by Crippen LogP contribution is -2.32. The number of ether oxygens (including phenoxy) is 1. The summed E-state index contributed by atoms with van der Waals surface area (Å²) in [5.74, 6) is 0.694. The Balaban J connectivity index is 1.64. The van der Waals surface area contributed by atoms with Crippen molar-refractivity contribution < 1.29 is 4.74 Å². The van der Waals surface area contributed by atoms with E-state index in [1.54, 1.807) is 0 Å². The van der Waals surface area contributed by atoms with Crippen LogP contribution in [0.1, 0.15) is 43.4 Å². The van der Waals surface area contributed by atoms with Gasteiger partial charge >= 0.3 is 0 Å². The van der Waals surface area contributed by atoms with E-state index < -0.39 is 0 Å². The van der Waals surface area contributed by atoms with Gasteiger partial charge in [0.1, 0.15) is 0 Å². The van der Waals surface area contributed by atoms with Gasteiger partial charge in [0, 0.05) is 19.2 Å². The number of hydrogen-bond donors (Lipinski definition) is 1. The van der Waals surface area contributed by atoms with Gasteiger partial charge in [-0.05, 0) is 49.7 Å². The van der Waals surface area contributed by atoms with Crippen molar-refractivity contribution in [2.45, 2.75) is 44.8 Å². The number of fused-ring (bicyclic) bond motifs is 1. The SMILES string of the molecule is CC1OCCC1CNC1CCCc2ccccc21. The van der Waals surface area contributed by atoms with Crippen molar-refractivity contribution >= 4 is 0 Å². The number of aryl methyl sites for hydroxylation is 1. The molecule has 3 unspecified atom stereocenters. The standard InChI is InChI=1S/C16H23NO/c1-12-14(9-10-18-12)11-17-16-8-4-6-13-5-2-3-7-15(13)16/h2-3,5,7,12,14,16-17H,4,6,8-11H2,1H3. The molecule has 2 heteroatoms. The van der Waals surface area contributed by atoms with Gasteiger partial charge in [0.2, 0.25) is 0 Å². The molecule has 98 valence electrons. The zero-order valence-corrected chi connectivity index (χ0v) is 11.2. The third-order valence-corrected chi connectivity index (χ3v) is 4.53. The van der Waals surface area contributed by atoms with Crippen molar-refractivity contribution in [2.75, 3.05) is 13.2 Å². The summed E-state index contributed by atoms with van der Waals surface area (Å²) in [5.41, 5.74) is 3.06. The Labute approximate surface area is 110 Å². The minimum absolute atomic E-state index is 0.427. The van der Waals surface area contributed by atoms with Crippen LogP contribution in [-0.4, -0.2) is 19.3 Å². The molecular formula is C16H23NO. The Morgan fingerprint density at radius 2 is 2.17 bits per heavy atom. The predicted octanol–water partition coefficient (Wildman–Crippen LogP) is 3.08. The molecule has 1 aromatic rings. The highest BCUT2D eigenvalue weighted by molar-refractivity contribution is 5.32. The second kappa shape index (κ2) is 5.41. The highest BCUT2D eigenvalue weighted by Crippen LogP contribution is 2.30. The average molecular weight is 245 g/mol. The van der Waals surface area contributed by atoms with Crippen LogP contribution < -0.4 is 5.32 Å². The predicted molar refractivity (Wildman–Crippen MR) is 73.6 cm³/mol. The molecule has 1 aliphatic carbocycles. The monoisotopic (exact) mass is 245 g/mol. The Kier molecular flexibility index (Phi) is 3.67. The topological polar surface area (TPSA) is 21.3 Å². The molecule has 1 fully saturated rings. The Hall–Kier alpha value is -0.860. The number of rotatable bonds is 3. The van der Waals surface area contributed by atoms with Crippen LogP contribution in [0, 0.1) is 5.92 Å². The molecule has 1 saturated heterocycles. The fourth-order valence-corrected chi connectivity index (χ4v) is 3.30. The van der Waals surface area contributed by atoms with Gasteiger partial charge in [-0.1, -0.05) is 24.3 Å². The first kappa shape index (κ1) is 12.2. The van der Waals surface area contributed by atoms with Crippen molar-refractivity contribution in [3.63, 3.8) is 0 Å². The minimum atomic E-state index is 0.427. The van der Waals surface area contributed by atoms with E-state index >= 15 is 0 Å². The van der Waals surface area contributed by atoms with Gasteiger partial charge in [0.15, 0.2) is 0 Å². The van der Waals surface area contributed by atoms with Crippen LogP contribution in [-0.2, 0) is 11.2 Å². The molecule has 1 N–H and O–H groups in total. The Morgan fingerprint density at radius 3 is 3.00 bits per heavy atom. The summed E-state index contributed by atoms with van der Waals surface area (Å²) in [6.45, 7) is 4.24. The maximum atomic E-state index is 5.63. The zero-order valence-electron chi connectivity index (χ0n) is 11.2.